The maximum Gasteiger partial charge on any atom is 0.191 e. The zero-order valence-electron chi connectivity index (χ0n) is 14.2. The number of aliphatic imine (C=N–C) groups is 1. The molecule has 134 valence electrons. The van der Waals surface area contributed by atoms with Crippen LogP contribution in [0.2, 0.25) is 0 Å². The van der Waals surface area contributed by atoms with Crippen molar-refractivity contribution in [1.29, 1.82) is 0 Å². The van der Waals surface area contributed by atoms with E-state index in [9.17, 15) is 4.39 Å². The van der Waals surface area contributed by atoms with Gasteiger partial charge in [0.25, 0.3) is 0 Å². The summed E-state index contributed by atoms with van der Waals surface area (Å²) in [6, 6.07) is 6.94. The lowest BCUT2D eigenvalue weighted by Gasteiger charge is -2.17. The minimum atomic E-state index is -0.166. The van der Waals surface area contributed by atoms with Crippen molar-refractivity contribution in [3.63, 3.8) is 0 Å². The molecule has 4 nitrogen and oxygen atoms in total. The van der Waals surface area contributed by atoms with E-state index in [1.54, 1.807) is 12.1 Å². The van der Waals surface area contributed by atoms with Crippen LogP contribution in [-0.4, -0.2) is 38.3 Å². The van der Waals surface area contributed by atoms with Crippen LogP contribution in [-0.2, 0) is 10.2 Å². The van der Waals surface area contributed by atoms with Crippen LogP contribution in [0.15, 0.2) is 29.3 Å². The monoisotopic (exact) mass is 447 g/mol. The van der Waals surface area contributed by atoms with E-state index in [-0.39, 0.29) is 41.3 Å². The highest BCUT2D eigenvalue weighted by Gasteiger charge is 2.44. The van der Waals surface area contributed by atoms with E-state index in [0.717, 1.165) is 56.9 Å². The topological polar surface area (TPSA) is 45.7 Å². The van der Waals surface area contributed by atoms with Gasteiger partial charge < -0.3 is 15.4 Å². The Bertz CT molecular complexity index is 557. The van der Waals surface area contributed by atoms with Crippen LogP contribution in [0.1, 0.15) is 38.2 Å². The van der Waals surface area contributed by atoms with Crippen molar-refractivity contribution in [3.05, 3.63) is 35.6 Å². The normalized spacial score (nSPS) is 21.9. The summed E-state index contributed by atoms with van der Waals surface area (Å²) in [6.07, 6.45) is 4.69. The van der Waals surface area contributed by atoms with Crippen molar-refractivity contribution in [1.82, 2.24) is 10.6 Å². The number of halogens is 2. The Balaban J connectivity index is 0.00000208. The van der Waals surface area contributed by atoms with Crippen molar-refractivity contribution < 1.29 is 9.13 Å². The molecule has 2 aliphatic rings. The number of nitrogens with zero attached hydrogens (tertiary/aromatic N) is 1. The Kier molecular flexibility index (Phi) is 7.28. The summed E-state index contributed by atoms with van der Waals surface area (Å²) in [5.74, 6) is 0.659. The van der Waals surface area contributed by atoms with Crippen LogP contribution in [0.3, 0.4) is 0 Å². The Morgan fingerprint density at radius 1 is 1.38 bits per heavy atom. The van der Waals surface area contributed by atoms with Gasteiger partial charge in [-0.3, -0.25) is 4.99 Å². The maximum atomic E-state index is 13.5. The van der Waals surface area contributed by atoms with Crippen molar-refractivity contribution in [2.45, 2.75) is 44.1 Å². The molecule has 1 aromatic rings. The molecule has 2 N–H and O–H groups in total. The first-order chi connectivity index (χ1) is 11.2. The van der Waals surface area contributed by atoms with Gasteiger partial charge in [0.2, 0.25) is 0 Å². The molecule has 0 aromatic heterocycles. The van der Waals surface area contributed by atoms with Gasteiger partial charge in [-0.25, -0.2) is 4.39 Å². The van der Waals surface area contributed by atoms with Gasteiger partial charge in [0.15, 0.2) is 5.96 Å². The Hall–Kier alpha value is -0.890. The van der Waals surface area contributed by atoms with Crippen LogP contribution >= 0.6 is 24.0 Å². The van der Waals surface area contributed by atoms with Crippen molar-refractivity contribution in [3.8, 4) is 0 Å². The third-order valence-electron chi connectivity index (χ3n) is 4.70. The van der Waals surface area contributed by atoms with E-state index in [4.69, 9.17) is 9.73 Å². The molecule has 6 heteroatoms. The fourth-order valence-corrected chi connectivity index (χ4v) is 3.10. The van der Waals surface area contributed by atoms with Crippen LogP contribution < -0.4 is 10.6 Å². The lowest BCUT2D eigenvalue weighted by Crippen LogP contribution is -2.41. The van der Waals surface area contributed by atoms with Crippen LogP contribution in [0.5, 0.6) is 0 Å². The van der Waals surface area contributed by atoms with E-state index >= 15 is 0 Å². The molecule has 0 radical (unpaired) electrons. The fourth-order valence-electron chi connectivity index (χ4n) is 3.10. The molecule has 1 saturated carbocycles. The van der Waals surface area contributed by atoms with Gasteiger partial charge in [-0.1, -0.05) is 12.1 Å². The number of rotatable bonds is 6. The zero-order valence-corrected chi connectivity index (χ0v) is 16.5. The largest absolute Gasteiger partial charge is 0.376 e. The second-order valence-electron chi connectivity index (χ2n) is 6.50. The Morgan fingerprint density at radius 3 is 2.83 bits per heavy atom. The lowest BCUT2D eigenvalue weighted by molar-refractivity contribution is 0.114. The maximum absolute atomic E-state index is 13.5. The highest BCUT2D eigenvalue weighted by molar-refractivity contribution is 14.0. The summed E-state index contributed by atoms with van der Waals surface area (Å²) in [7, 11) is 0. The van der Waals surface area contributed by atoms with Gasteiger partial charge in [-0.2, -0.15) is 0 Å². The highest BCUT2D eigenvalue weighted by Crippen LogP contribution is 2.48. The molecule has 1 aliphatic carbocycles. The third-order valence-corrected chi connectivity index (χ3v) is 4.70. The molecule has 1 unspecified atom stereocenters. The van der Waals surface area contributed by atoms with E-state index in [1.807, 2.05) is 6.07 Å². The van der Waals surface area contributed by atoms with E-state index < -0.39 is 0 Å². The molecule has 1 atom stereocenters. The van der Waals surface area contributed by atoms with Crippen molar-refractivity contribution >= 4 is 29.9 Å². The summed E-state index contributed by atoms with van der Waals surface area (Å²) >= 11 is 0. The van der Waals surface area contributed by atoms with E-state index in [0.29, 0.717) is 6.54 Å². The second-order valence-corrected chi connectivity index (χ2v) is 6.50. The molecule has 1 aromatic carbocycles. The zero-order chi connectivity index (χ0) is 16.1. The average molecular weight is 447 g/mol. The van der Waals surface area contributed by atoms with Crippen molar-refractivity contribution in [2.24, 2.45) is 4.99 Å². The number of benzene rings is 1. The molecule has 1 saturated heterocycles. The first-order valence-corrected chi connectivity index (χ1v) is 8.62. The van der Waals surface area contributed by atoms with Crippen LogP contribution in [0, 0.1) is 5.82 Å². The van der Waals surface area contributed by atoms with Crippen LogP contribution in [0.25, 0.3) is 0 Å². The molecule has 0 amide bonds. The number of nitrogens with one attached hydrogen (secondary N) is 2. The van der Waals surface area contributed by atoms with Crippen molar-refractivity contribution in [2.75, 3.05) is 26.2 Å². The average Bonchev–Trinajstić information content (AvgIpc) is 3.17. The molecule has 1 aliphatic heterocycles. The van der Waals surface area contributed by atoms with Crippen LogP contribution in [0.4, 0.5) is 4.39 Å². The van der Waals surface area contributed by atoms with Gasteiger partial charge >= 0.3 is 0 Å². The summed E-state index contributed by atoms with van der Waals surface area (Å²) in [6.45, 7) is 5.23. The predicted octanol–water partition coefficient (Wildman–Crippen LogP) is 3.21. The number of ether oxygens (including phenoxy) is 1. The summed E-state index contributed by atoms with van der Waals surface area (Å²) < 4.78 is 19.1. The summed E-state index contributed by atoms with van der Waals surface area (Å²) in [5, 5.41) is 6.64. The molecule has 24 heavy (non-hydrogen) atoms. The second kappa shape index (κ2) is 8.99. The predicted molar refractivity (Wildman–Crippen MR) is 106 cm³/mol. The van der Waals surface area contributed by atoms with Gasteiger partial charge in [0.05, 0.1) is 12.6 Å². The first kappa shape index (κ1) is 19.4. The molecule has 1 heterocycles. The smallest absolute Gasteiger partial charge is 0.191 e. The molecule has 0 spiro atoms. The number of guanidine groups is 1. The van der Waals surface area contributed by atoms with Gasteiger partial charge in [0.1, 0.15) is 5.82 Å². The highest BCUT2D eigenvalue weighted by atomic mass is 127. The number of hydrogen-bond donors (Lipinski definition) is 2. The third kappa shape index (κ3) is 5.05. The summed E-state index contributed by atoms with van der Waals surface area (Å²) in [5.41, 5.74) is 1.09. The SMILES string of the molecule is CCNC(=NCC1(c2cccc(F)c2)CC1)NCC1CCCO1.I. The minimum absolute atomic E-state index is 0. The molecular weight excluding hydrogens is 420 g/mol. The molecular formula is C18H27FIN3O. The van der Waals surface area contributed by atoms with Gasteiger partial charge in [0, 0.05) is 25.1 Å². The molecule has 2 fully saturated rings. The van der Waals surface area contributed by atoms with Gasteiger partial charge in [-0.15, -0.1) is 24.0 Å². The molecule has 0 bridgehead atoms. The fraction of sp³-hybridized carbons (Fsp3) is 0.611. The summed E-state index contributed by atoms with van der Waals surface area (Å²) in [4.78, 5) is 4.73. The standard InChI is InChI=1S/C18H26FN3O.HI/c1-2-20-17(21-12-16-7-4-10-23-16)22-13-18(8-9-18)14-5-3-6-15(19)11-14;/h3,5-6,11,16H,2,4,7-10,12-13H2,1H3,(H2,20,21,22);1H. The first-order valence-electron chi connectivity index (χ1n) is 8.62. The van der Waals surface area contributed by atoms with E-state index in [1.165, 1.54) is 6.07 Å². The lowest BCUT2D eigenvalue weighted by atomic mass is 9.96. The Labute approximate surface area is 160 Å². The van der Waals surface area contributed by atoms with E-state index in [2.05, 4.69) is 17.6 Å². The quantitative estimate of drug-likeness (QED) is 0.400. The minimum Gasteiger partial charge on any atom is -0.376 e. The molecule has 3 rings (SSSR count). The number of hydrogen-bond acceptors (Lipinski definition) is 2. The Morgan fingerprint density at radius 2 is 2.21 bits per heavy atom. The van der Waals surface area contributed by atoms with Gasteiger partial charge in [-0.05, 0) is 50.3 Å².